The van der Waals surface area contributed by atoms with Gasteiger partial charge < -0.3 is 11.1 Å². The SMILES string of the molecule is Cc1ccc(C(=O)NC(C)CC(N)=S)cc1Br. The van der Waals surface area contributed by atoms with Gasteiger partial charge in [0.15, 0.2) is 0 Å². The maximum absolute atomic E-state index is 11.9. The molecule has 0 saturated carbocycles. The van der Waals surface area contributed by atoms with Gasteiger partial charge in [-0.1, -0.05) is 34.2 Å². The van der Waals surface area contributed by atoms with Gasteiger partial charge in [-0.3, -0.25) is 4.79 Å². The molecule has 0 spiro atoms. The van der Waals surface area contributed by atoms with Gasteiger partial charge in [-0.05, 0) is 31.5 Å². The predicted octanol–water partition coefficient (Wildman–Crippen LogP) is 2.55. The summed E-state index contributed by atoms with van der Waals surface area (Å²) in [6, 6.07) is 5.44. The standard InChI is InChI=1S/C12H15BrN2OS/c1-7-3-4-9(6-10(7)13)12(16)15-8(2)5-11(14)17/h3-4,6,8H,5H2,1-2H3,(H2,14,17)(H,15,16). The highest BCUT2D eigenvalue weighted by molar-refractivity contribution is 9.10. The van der Waals surface area contributed by atoms with Crippen LogP contribution in [0.5, 0.6) is 0 Å². The van der Waals surface area contributed by atoms with Crippen LogP contribution in [0.25, 0.3) is 0 Å². The summed E-state index contributed by atoms with van der Waals surface area (Å²) in [4.78, 5) is 12.3. The zero-order valence-electron chi connectivity index (χ0n) is 9.79. The Morgan fingerprint density at radius 1 is 1.59 bits per heavy atom. The van der Waals surface area contributed by atoms with Crippen molar-refractivity contribution in [3.05, 3.63) is 33.8 Å². The normalized spacial score (nSPS) is 11.9. The van der Waals surface area contributed by atoms with Crippen LogP contribution < -0.4 is 11.1 Å². The van der Waals surface area contributed by atoms with E-state index >= 15 is 0 Å². The first-order valence-electron chi connectivity index (χ1n) is 5.25. The molecule has 0 aliphatic rings. The van der Waals surface area contributed by atoms with Gasteiger partial charge in [-0.25, -0.2) is 0 Å². The molecule has 17 heavy (non-hydrogen) atoms. The molecule has 0 radical (unpaired) electrons. The third-order valence-electron chi connectivity index (χ3n) is 2.32. The average molecular weight is 315 g/mol. The van der Waals surface area contributed by atoms with Crippen LogP contribution in [0.15, 0.2) is 22.7 Å². The van der Waals surface area contributed by atoms with Gasteiger partial charge in [0.25, 0.3) is 5.91 Å². The first-order valence-corrected chi connectivity index (χ1v) is 6.45. The van der Waals surface area contributed by atoms with E-state index in [4.69, 9.17) is 18.0 Å². The van der Waals surface area contributed by atoms with Gasteiger partial charge in [0.1, 0.15) is 0 Å². The zero-order valence-corrected chi connectivity index (χ0v) is 12.2. The van der Waals surface area contributed by atoms with Crippen LogP contribution in [0.3, 0.4) is 0 Å². The monoisotopic (exact) mass is 314 g/mol. The fourth-order valence-corrected chi connectivity index (χ4v) is 2.02. The lowest BCUT2D eigenvalue weighted by molar-refractivity contribution is 0.0941. The van der Waals surface area contributed by atoms with Crippen molar-refractivity contribution in [1.29, 1.82) is 0 Å². The van der Waals surface area contributed by atoms with E-state index in [1.165, 1.54) is 0 Å². The Morgan fingerprint density at radius 2 is 2.24 bits per heavy atom. The van der Waals surface area contributed by atoms with Gasteiger partial charge in [-0.15, -0.1) is 0 Å². The Morgan fingerprint density at radius 3 is 2.76 bits per heavy atom. The first kappa shape index (κ1) is 14.1. The van der Waals surface area contributed by atoms with Crippen molar-refractivity contribution in [1.82, 2.24) is 5.32 Å². The minimum atomic E-state index is -0.116. The molecule has 0 aromatic heterocycles. The maximum atomic E-state index is 11.9. The van der Waals surface area contributed by atoms with Gasteiger partial charge in [0, 0.05) is 22.5 Å². The van der Waals surface area contributed by atoms with Crippen LogP contribution in [-0.2, 0) is 0 Å². The van der Waals surface area contributed by atoms with Crippen LogP contribution >= 0.6 is 28.1 Å². The minimum absolute atomic E-state index is 0.0555. The Bertz CT molecular complexity index is 448. The second-order valence-electron chi connectivity index (χ2n) is 4.01. The van der Waals surface area contributed by atoms with E-state index < -0.39 is 0 Å². The summed E-state index contributed by atoms with van der Waals surface area (Å²) in [5.41, 5.74) is 7.14. The molecule has 3 N–H and O–H groups in total. The van der Waals surface area contributed by atoms with Crippen molar-refractivity contribution in [3.63, 3.8) is 0 Å². The van der Waals surface area contributed by atoms with Crippen molar-refractivity contribution in [2.75, 3.05) is 0 Å². The number of hydrogen-bond acceptors (Lipinski definition) is 2. The molecule has 3 nitrogen and oxygen atoms in total. The van der Waals surface area contributed by atoms with Crippen LogP contribution in [0.1, 0.15) is 29.3 Å². The smallest absolute Gasteiger partial charge is 0.251 e. The molecule has 1 atom stereocenters. The molecule has 0 aliphatic heterocycles. The van der Waals surface area contributed by atoms with Crippen molar-refractivity contribution in [3.8, 4) is 0 Å². The highest BCUT2D eigenvalue weighted by Gasteiger charge is 2.11. The minimum Gasteiger partial charge on any atom is -0.393 e. The lowest BCUT2D eigenvalue weighted by Gasteiger charge is -2.13. The summed E-state index contributed by atoms with van der Waals surface area (Å²) >= 11 is 8.20. The summed E-state index contributed by atoms with van der Waals surface area (Å²) in [6.07, 6.45) is 0.508. The molecule has 5 heteroatoms. The molecule has 0 heterocycles. The summed E-state index contributed by atoms with van der Waals surface area (Å²) < 4.78 is 0.923. The molecule has 1 rings (SSSR count). The molecule has 0 bridgehead atoms. The number of carbonyl (C=O) groups is 1. The van der Waals surface area contributed by atoms with Crippen LogP contribution in [-0.4, -0.2) is 16.9 Å². The van der Waals surface area contributed by atoms with E-state index in [0.717, 1.165) is 10.0 Å². The Kier molecular flexibility index (Phi) is 5.08. The van der Waals surface area contributed by atoms with Crippen molar-refractivity contribution >= 4 is 39.0 Å². The molecular formula is C12H15BrN2OS. The summed E-state index contributed by atoms with van der Waals surface area (Å²) in [5.74, 6) is -0.116. The molecular weight excluding hydrogens is 300 g/mol. The van der Waals surface area contributed by atoms with E-state index in [0.29, 0.717) is 17.0 Å². The Labute approximate surface area is 115 Å². The lowest BCUT2D eigenvalue weighted by atomic mass is 10.1. The van der Waals surface area contributed by atoms with Gasteiger partial charge in [0.2, 0.25) is 0 Å². The van der Waals surface area contributed by atoms with Crippen molar-refractivity contribution < 1.29 is 4.79 Å². The Balaban J connectivity index is 2.70. The number of hydrogen-bond donors (Lipinski definition) is 2. The van der Waals surface area contributed by atoms with E-state index in [2.05, 4.69) is 21.2 Å². The number of aryl methyl sites for hydroxylation is 1. The van der Waals surface area contributed by atoms with Gasteiger partial charge in [0.05, 0.1) is 4.99 Å². The number of halogens is 1. The fraction of sp³-hybridized carbons (Fsp3) is 0.333. The highest BCUT2D eigenvalue weighted by atomic mass is 79.9. The van der Waals surface area contributed by atoms with Crippen molar-refractivity contribution in [2.24, 2.45) is 5.73 Å². The number of nitrogens with one attached hydrogen (secondary N) is 1. The van der Waals surface area contributed by atoms with Crippen LogP contribution in [0, 0.1) is 6.92 Å². The second-order valence-corrected chi connectivity index (χ2v) is 5.39. The number of rotatable bonds is 4. The predicted molar refractivity (Wildman–Crippen MR) is 77.2 cm³/mol. The molecule has 1 amide bonds. The molecule has 1 aromatic carbocycles. The number of benzene rings is 1. The Hall–Kier alpha value is -0.940. The number of thiocarbonyl (C=S) groups is 1. The summed E-state index contributed by atoms with van der Waals surface area (Å²) in [5, 5.41) is 2.85. The quantitative estimate of drug-likeness (QED) is 0.840. The maximum Gasteiger partial charge on any atom is 0.251 e. The summed E-state index contributed by atoms with van der Waals surface area (Å²) in [7, 11) is 0. The largest absolute Gasteiger partial charge is 0.393 e. The third-order valence-corrected chi connectivity index (χ3v) is 3.34. The molecule has 0 aliphatic carbocycles. The number of carbonyl (C=O) groups excluding carboxylic acids is 1. The number of nitrogens with two attached hydrogens (primary N) is 1. The van der Waals surface area contributed by atoms with E-state index in [1.807, 2.05) is 19.9 Å². The molecule has 0 saturated heterocycles. The first-order chi connectivity index (χ1) is 7.90. The van der Waals surface area contributed by atoms with E-state index in [9.17, 15) is 4.79 Å². The zero-order chi connectivity index (χ0) is 13.0. The average Bonchev–Trinajstić information content (AvgIpc) is 2.20. The topological polar surface area (TPSA) is 55.1 Å². The fourth-order valence-electron chi connectivity index (χ4n) is 1.39. The van der Waals surface area contributed by atoms with Crippen molar-refractivity contribution in [2.45, 2.75) is 26.3 Å². The molecule has 1 unspecified atom stereocenters. The summed E-state index contributed by atoms with van der Waals surface area (Å²) in [6.45, 7) is 3.85. The molecule has 1 aromatic rings. The highest BCUT2D eigenvalue weighted by Crippen LogP contribution is 2.17. The van der Waals surface area contributed by atoms with E-state index in [-0.39, 0.29) is 11.9 Å². The van der Waals surface area contributed by atoms with Crippen LogP contribution in [0.4, 0.5) is 0 Å². The number of amides is 1. The lowest BCUT2D eigenvalue weighted by Crippen LogP contribution is -2.35. The molecule has 0 fully saturated rings. The van der Waals surface area contributed by atoms with E-state index in [1.54, 1.807) is 12.1 Å². The van der Waals surface area contributed by atoms with Gasteiger partial charge in [-0.2, -0.15) is 0 Å². The van der Waals surface area contributed by atoms with Gasteiger partial charge >= 0.3 is 0 Å². The third kappa shape index (κ3) is 4.44. The molecule has 92 valence electrons. The second kappa shape index (κ2) is 6.12. The van der Waals surface area contributed by atoms with Crippen LogP contribution in [0.2, 0.25) is 0 Å².